The molecule has 1 aliphatic heterocycles. The van der Waals surface area contributed by atoms with Gasteiger partial charge >= 0.3 is 10.8 Å². The summed E-state index contributed by atoms with van der Waals surface area (Å²) in [5, 5.41) is -8.68. The van der Waals surface area contributed by atoms with E-state index in [0.717, 1.165) is 7.05 Å². The zero-order valence-corrected chi connectivity index (χ0v) is 10.3. The van der Waals surface area contributed by atoms with Crippen molar-refractivity contribution in [1.82, 2.24) is 4.90 Å². The molecule has 0 N–H and O–H groups in total. The number of hydrogen-bond donors (Lipinski definition) is 0. The Balaban J connectivity index is 3.30. The number of thioether (sulfide) groups is 1. The van der Waals surface area contributed by atoms with Crippen molar-refractivity contribution in [2.24, 2.45) is 0 Å². The number of hydrogen-bond acceptors (Lipinski definition) is 2. The number of nitrogens with zero attached hydrogens (tertiary/aromatic N) is 1. The van der Waals surface area contributed by atoms with Crippen LogP contribution in [0.15, 0.2) is 0 Å². The predicted octanol–water partition coefficient (Wildman–Crippen LogP) is 2.94. The Labute approximate surface area is 103 Å². The van der Waals surface area contributed by atoms with E-state index in [1.54, 1.807) is 0 Å². The average molecular weight is 300 g/mol. The molecule has 16 heavy (non-hydrogen) atoms. The van der Waals surface area contributed by atoms with Crippen LogP contribution in [-0.4, -0.2) is 39.2 Å². The van der Waals surface area contributed by atoms with Gasteiger partial charge in [-0.25, -0.2) is 0 Å². The van der Waals surface area contributed by atoms with E-state index in [-0.39, 0.29) is 28.8 Å². The third-order valence-corrected chi connectivity index (χ3v) is 4.63. The van der Waals surface area contributed by atoms with Crippen LogP contribution in [0.1, 0.15) is 6.42 Å². The Morgan fingerprint density at radius 3 is 2.06 bits per heavy atom. The monoisotopic (exact) mass is 299 g/mol. The van der Waals surface area contributed by atoms with Crippen LogP contribution in [0.4, 0.5) is 17.6 Å². The van der Waals surface area contributed by atoms with Crippen LogP contribution < -0.4 is 0 Å². The van der Waals surface area contributed by atoms with Crippen molar-refractivity contribution in [3.63, 3.8) is 0 Å². The van der Waals surface area contributed by atoms with E-state index >= 15 is 0 Å². The Hall–Kier alpha value is 0.120. The number of carbonyl (C=O) groups excluding carboxylic acids is 1. The maximum Gasteiger partial charge on any atom is 0.361 e. The molecule has 1 amide bonds. The molecule has 0 aromatic heterocycles. The molecule has 0 radical (unpaired) electrons. The van der Waals surface area contributed by atoms with Crippen molar-refractivity contribution >= 4 is 40.9 Å². The van der Waals surface area contributed by atoms with Gasteiger partial charge in [-0.15, -0.1) is 11.8 Å². The van der Waals surface area contributed by atoms with Crippen LogP contribution >= 0.6 is 35.0 Å². The summed E-state index contributed by atoms with van der Waals surface area (Å²) in [4.78, 5) is 8.20. The maximum absolute atomic E-state index is 13.2. The van der Waals surface area contributed by atoms with Crippen LogP contribution in [0.5, 0.6) is 0 Å². The largest absolute Gasteiger partial charge is 0.361 e. The summed E-state index contributed by atoms with van der Waals surface area (Å²) in [6.07, 6.45) is -0.108. The van der Waals surface area contributed by atoms with Crippen molar-refractivity contribution in [2.75, 3.05) is 12.8 Å². The zero-order chi connectivity index (χ0) is 12.8. The fourth-order valence-electron chi connectivity index (χ4n) is 1.43. The van der Waals surface area contributed by atoms with E-state index in [9.17, 15) is 22.4 Å². The third-order valence-electron chi connectivity index (χ3n) is 2.24. The second-order valence-corrected chi connectivity index (χ2v) is 5.43. The Bertz CT molecular complexity index is 290. The van der Waals surface area contributed by atoms with Crippen LogP contribution in [0.25, 0.3) is 0 Å². The molecule has 2 nitrogen and oxygen atoms in total. The molecule has 1 heterocycles. The Morgan fingerprint density at radius 1 is 1.31 bits per heavy atom. The van der Waals surface area contributed by atoms with E-state index in [2.05, 4.69) is 0 Å². The lowest BCUT2D eigenvalue weighted by Gasteiger charge is -2.47. The smallest absolute Gasteiger partial charge is 0.318 e. The van der Waals surface area contributed by atoms with Gasteiger partial charge in [0.2, 0.25) is 10.8 Å². The molecule has 1 fully saturated rings. The van der Waals surface area contributed by atoms with E-state index < -0.39 is 21.5 Å². The van der Waals surface area contributed by atoms with Crippen molar-refractivity contribution in [3.05, 3.63) is 0 Å². The molecule has 0 bridgehead atoms. The van der Waals surface area contributed by atoms with Gasteiger partial charge in [0.15, 0.2) is 0 Å². The van der Waals surface area contributed by atoms with Crippen molar-refractivity contribution < 1.29 is 22.4 Å². The highest BCUT2D eigenvalue weighted by atomic mass is 35.5. The molecule has 0 saturated carbocycles. The average Bonchev–Trinajstić information content (AvgIpc) is 2.05. The van der Waals surface area contributed by atoms with Crippen LogP contribution in [0.2, 0.25) is 0 Å². The second kappa shape index (κ2) is 4.10. The van der Waals surface area contributed by atoms with Crippen LogP contribution in [0, 0.1) is 0 Å². The minimum Gasteiger partial charge on any atom is -0.318 e. The molecule has 9 heteroatoms. The zero-order valence-electron chi connectivity index (χ0n) is 7.95. The third kappa shape index (κ3) is 1.97. The van der Waals surface area contributed by atoms with Crippen LogP contribution in [-0.2, 0) is 4.79 Å². The highest BCUT2D eigenvalue weighted by Crippen LogP contribution is 2.57. The van der Waals surface area contributed by atoms with Gasteiger partial charge in [0.25, 0.3) is 0 Å². The van der Waals surface area contributed by atoms with Gasteiger partial charge in [-0.3, -0.25) is 4.79 Å². The standard InChI is InChI=1S/C7H7Cl2F4NOS/c1-14-4(15)2-3-16-5(14,6(8,10)11)7(9,12)13/h2-3H2,1H3. The molecule has 1 rings (SSSR count). The summed E-state index contributed by atoms with van der Waals surface area (Å²) in [5.74, 6) is -1.03. The summed E-state index contributed by atoms with van der Waals surface area (Å²) in [7, 11) is 0.834. The fraction of sp³-hybridized carbons (Fsp3) is 0.857. The van der Waals surface area contributed by atoms with Crippen LogP contribution in [0.3, 0.4) is 0 Å². The van der Waals surface area contributed by atoms with E-state index in [4.69, 9.17) is 23.2 Å². The van der Waals surface area contributed by atoms with Gasteiger partial charge < -0.3 is 4.90 Å². The lowest BCUT2D eigenvalue weighted by Crippen LogP contribution is -2.66. The fourth-order valence-corrected chi connectivity index (χ4v) is 3.49. The normalized spacial score (nSPS) is 22.4. The second-order valence-electron chi connectivity index (χ2n) is 3.19. The van der Waals surface area contributed by atoms with Crippen molar-refractivity contribution in [1.29, 1.82) is 0 Å². The number of alkyl halides is 6. The van der Waals surface area contributed by atoms with Gasteiger partial charge in [0.1, 0.15) is 0 Å². The lowest BCUT2D eigenvalue weighted by atomic mass is 10.2. The first kappa shape index (κ1) is 14.2. The molecule has 0 aliphatic carbocycles. The summed E-state index contributed by atoms with van der Waals surface area (Å²) in [5.41, 5.74) is 0. The Kier molecular flexibility index (Phi) is 3.63. The quantitative estimate of drug-likeness (QED) is 0.577. The molecular weight excluding hydrogens is 293 g/mol. The number of carbonyl (C=O) groups is 1. The lowest BCUT2D eigenvalue weighted by molar-refractivity contribution is -0.158. The predicted molar refractivity (Wildman–Crippen MR) is 54.2 cm³/mol. The minimum atomic E-state index is -4.34. The topological polar surface area (TPSA) is 20.3 Å². The number of halogens is 6. The highest BCUT2D eigenvalue weighted by molar-refractivity contribution is 8.01. The van der Waals surface area contributed by atoms with Crippen molar-refractivity contribution in [2.45, 2.75) is 22.1 Å². The maximum atomic E-state index is 13.2. The van der Waals surface area contributed by atoms with Gasteiger partial charge in [-0.1, -0.05) is 0 Å². The molecule has 1 aliphatic rings. The summed E-state index contributed by atoms with van der Waals surface area (Å²) in [6, 6.07) is 0. The molecule has 0 aromatic carbocycles. The molecule has 0 unspecified atom stereocenters. The van der Waals surface area contributed by atoms with E-state index in [0.29, 0.717) is 0 Å². The van der Waals surface area contributed by atoms with Gasteiger partial charge in [0.05, 0.1) is 0 Å². The van der Waals surface area contributed by atoms with E-state index in [1.807, 2.05) is 0 Å². The molecule has 0 spiro atoms. The minimum absolute atomic E-state index is 0.108. The first-order valence-corrected chi connectivity index (χ1v) is 5.82. The first-order valence-electron chi connectivity index (χ1n) is 4.08. The Morgan fingerprint density at radius 2 is 1.75 bits per heavy atom. The molecule has 1 saturated heterocycles. The van der Waals surface area contributed by atoms with Crippen molar-refractivity contribution in [3.8, 4) is 0 Å². The molecule has 94 valence electrons. The summed E-state index contributed by atoms with van der Waals surface area (Å²) >= 11 is 9.58. The summed E-state index contributed by atoms with van der Waals surface area (Å²) in [6.45, 7) is 0. The first-order chi connectivity index (χ1) is 7.04. The van der Waals surface area contributed by atoms with Gasteiger partial charge in [-0.05, 0) is 23.2 Å². The summed E-state index contributed by atoms with van der Waals surface area (Å²) < 4.78 is 52.7. The van der Waals surface area contributed by atoms with Gasteiger partial charge in [0, 0.05) is 19.2 Å². The van der Waals surface area contributed by atoms with E-state index in [1.165, 1.54) is 0 Å². The van der Waals surface area contributed by atoms with Gasteiger partial charge in [-0.2, -0.15) is 17.6 Å². The molecular formula is C7H7Cl2F4NOS. The molecule has 0 aromatic rings. The SMILES string of the molecule is CN1C(=O)CCSC1(C(F)(F)Cl)C(F)(F)Cl. The number of amides is 1. The highest BCUT2D eigenvalue weighted by Gasteiger charge is 2.72. The molecule has 0 atom stereocenters. The number of rotatable bonds is 2.